The first-order valence-electron chi connectivity index (χ1n) is 7.92. The van der Waals surface area contributed by atoms with Crippen molar-refractivity contribution in [1.82, 2.24) is 9.55 Å². The molecular weight excluding hydrogens is 332 g/mol. The molecule has 0 atom stereocenters. The summed E-state index contributed by atoms with van der Waals surface area (Å²) in [5, 5.41) is 0.667. The van der Waals surface area contributed by atoms with E-state index in [1.807, 2.05) is 60.7 Å². The third-order valence-corrected chi connectivity index (χ3v) is 5.18. The minimum absolute atomic E-state index is 0.0146. The largest absolute Gasteiger partial charge is 0.497 e. The van der Waals surface area contributed by atoms with Crippen LogP contribution in [0.4, 0.5) is 0 Å². The highest BCUT2D eigenvalue weighted by Crippen LogP contribution is 2.30. The van der Waals surface area contributed by atoms with E-state index in [0.717, 1.165) is 26.6 Å². The number of aromatic nitrogens is 2. The molecule has 124 valence electrons. The summed E-state index contributed by atoms with van der Waals surface area (Å²) in [6.07, 6.45) is 1.63. The Hall–Kier alpha value is -2.92. The molecule has 0 aliphatic rings. The van der Waals surface area contributed by atoms with Crippen molar-refractivity contribution in [2.75, 3.05) is 7.11 Å². The van der Waals surface area contributed by atoms with Gasteiger partial charge in [-0.25, -0.2) is 4.98 Å². The van der Waals surface area contributed by atoms with Crippen LogP contribution in [-0.2, 0) is 6.54 Å². The zero-order valence-electron chi connectivity index (χ0n) is 13.7. The maximum atomic E-state index is 12.8. The van der Waals surface area contributed by atoms with Crippen molar-refractivity contribution in [3.8, 4) is 16.2 Å². The molecule has 2 heterocycles. The molecule has 0 aliphatic heterocycles. The molecule has 4 aromatic rings. The van der Waals surface area contributed by atoms with Crippen LogP contribution in [0.3, 0.4) is 0 Å². The molecule has 0 fully saturated rings. The van der Waals surface area contributed by atoms with Gasteiger partial charge in [0.15, 0.2) is 0 Å². The fourth-order valence-corrected chi connectivity index (χ4v) is 3.74. The van der Waals surface area contributed by atoms with E-state index in [-0.39, 0.29) is 5.56 Å². The quantitative estimate of drug-likeness (QED) is 0.556. The summed E-state index contributed by atoms with van der Waals surface area (Å²) in [7, 11) is 1.64. The first kappa shape index (κ1) is 15.6. The number of fused-ring (bicyclic) bond motifs is 1. The minimum Gasteiger partial charge on any atom is -0.497 e. The lowest BCUT2D eigenvalue weighted by Gasteiger charge is -2.06. The Morgan fingerprint density at radius 1 is 1.08 bits per heavy atom. The van der Waals surface area contributed by atoms with E-state index >= 15 is 0 Å². The summed E-state index contributed by atoms with van der Waals surface area (Å²) in [5.74, 6) is 0.801. The highest BCUT2D eigenvalue weighted by molar-refractivity contribution is 7.21. The zero-order valence-corrected chi connectivity index (χ0v) is 14.5. The number of nitrogens with zero attached hydrogens (tertiary/aromatic N) is 2. The first-order valence-corrected chi connectivity index (χ1v) is 8.73. The summed E-state index contributed by atoms with van der Waals surface area (Å²) >= 11 is 1.54. The molecule has 0 spiro atoms. The average molecular weight is 348 g/mol. The van der Waals surface area contributed by atoms with Gasteiger partial charge in [0.1, 0.15) is 10.6 Å². The molecule has 4 rings (SSSR count). The van der Waals surface area contributed by atoms with Gasteiger partial charge in [0.2, 0.25) is 0 Å². The second-order valence-electron chi connectivity index (χ2n) is 5.72. The summed E-state index contributed by atoms with van der Waals surface area (Å²) in [6.45, 7) is 0.488. The van der Waals surface area contributed by atoms with Gasteiger partial charge in [-0.15, -0.1) is 11.3 Å². The Bertz CT molecular complexity index is 1070. The third-order valence-electron chi connectivity index (χ3n) is 4.09. The molecule has 0 saturated carbocycles. The van der Waals surface area contributed by atoms with Crippen LogP contribution in [-0.4, -0.2) is 16.7 Å². The van der Waals surface area contributed by atoms with Gasteiger partial charge < -0.3 is 4.74 Å². The fraction of sp³-hybridized carbons (Fsp3) is 0.100. The lowest BCUT2D eigenvalue weighted by molar-refractivity contribution is 0.414. The number of rotatable bonds is 4. The van der Waals surface area contributed by atoms with Gasteiger partial charge in [-0.2, -0.15) is 0 Å². The summed E-state index contributed by atoms with van der Waals surface area (Å²) in [4.78, 5) is 19.1. The standard InChI is InChI=1S/C20H16N2O2S/c1-24-16-9-7-14(8-10-16)12-22-13-21-19-17(20(22)23)11-18(25-19)15-5-3-2-4-6-15/h2-11,13H,12H2,1H3. The van der Waals surface area contributed by atoms with E-state index in [4.69, 9.17) is 4.74 Å². The van der Waals surface area contributed by atoms with Crippen LogP contribution in [0, 0.1) is 0 Å². The second kappa shape index (κ2) is 6.53. The minimum atomic E-state index is -0.0146. The van der Waals surface area contributed by atoms with Crippen molar-refractivity contribution < 1.29 is 4.74 Å². The highest BCUT2D eigenvalue weighted by Gasteiger charge is 2.10. The van der Waals surface area contributed by atoms with Gasteiger partial charge in [-0.05, 0) is 29.3 Å². The van der Waals surface area contributed by atoms with Gasteiger partial charge >= 0.3 is 0 Å². The molecule has 0 N–H and O–H groups in total. The van der Waals surface area contributed by atoms with Gasteiger partial charge in [0, 0.05) is 4.88 Å². The Labute approximate surface area is 149 Å². The molecule has 0 saturated heterocycles. The number of benzene rings is 2. The molecule has 0 bridgehead atoms. The molecule has 25 heavy (non-hydrogen) atoms. The van der Waals surface area contributed by atoms with Crippen LogP contribution in [0.25, 0.3) is 20.7 Å². The molecular formula is C20H16N2O2S. The Morgan fingerprint density at radius 2 is 1.84 bits per heavy atom. The van der Waals surface area contributed by atoms with Crippen molar-refractivity contribution in [2.45, 2.75) is 6.54 Å². The molecule has 0 unspecified atom stereocenters. The van der Waals surface area contributed by atoms with Crippen molar-refractivity contribution in [3.05, 3.63) is 82.9 Å². The SMILES string of the molecule is COc1ccc(Cn2cnc3sc(-c4ccccc4)cc3c2=O)cc1. The van der Waals surface area contributed by atoms with E-state index in [1.54, 1.807) is 29.3 Å². The molecule has 2 aromatic heterocycles. The molecule has 0 radical (unpaired) electrons. The maximum Gasteiger partial charge on any atom is 0.262 e. The summed E-state index contributed by atoms with van der Waals surface area (Å²) < 4.78 is 6.81. The Balaban J connectivity index is 1.71. The van der Waals surface area contributed by atoms with Crippen LogP contribution in [0.1, 0.15) is 5.56 Å². The van der Waals surface area contributed by atoms with Gasteiger partial charge in [-0.3, -0.25) is 9.36 Å². The van der Waals surface area contributed by atoms with E-state index in [1.165, 1.54) is 0 Å². The fourth-order valence-electron chi connectivity index (χ4n) is 2.74. The first-order chi connectivity index (χ1) is 12.2. The van der Waals surface area contributed by atoms with Crippen LogP contribution in [0.5, 0.6) is 5.75 Å². The third kappa shape index (κ3) is 3.06. The Kier molecular flexibility index (Phi) is 4.07. The van der Waals surface area contributed by atoms with Crippen molar-refractivity contribution in [1.29, 1.82) is 0 Å². The van der Waals surface area contributed by atoms with Crippen molar-refractivity contribution in [3.63, 3.8) is 0 Å². The molecule has 0 aliphatic carbocycles. The highest BCUT2D eigenvalue weighted by atomic mass is 32.1. The van der Waals surface area contributed by atoms with E-state index < -0.39 is 0 Å². The number of thiophene rings is 1. The van der Waals surface area contributed by atoms with Crippen molar-refractivity contribution >= 4 is 21.6 Å². The van der Waals surface area contributed by atoms with E-state index in [9.17, 15) is 4.79 Å². The lowest BCUT2D eigenvalue weighted by Crippen LogP contribution is -2.20. The van der Waals surface area contributed by atoms with Crippen LogP contribution in [0.2, 0.25) is 0 Å². The number of hydrogen-bond donors (Lipinski definition) is 0. The van der Waals surface area contributed by atoms with Gasteiger partial charge in [-0.1, -0.05) is 42.5 Å². The van der Waals surface area contributed by atoms with E-state index in [0.29, 0.717) is 11.9 Å². The van der Waals surface area contributed by atoms with Crippen LogP contribution in [0.15, 0.2) is 71.8 Å². The number of hydrogen-bond acceptors (Lipinski definition) is 4. The number of ether oxygens (including phenoxy) is 1. The monoisotopic (exact) mass is 348 g/mol. The maximum absolute atomic E-state index is 12.8. The summed E-state index contributed by atoms with van der Waals surface area (Å²) in [5.41, 5.74) is 2.12. The van der Waals surface area contributed by atoms with Crippen LogP contribution < -0.4 is 10.3 Å². The van der Waals surface area contributed by atoms with Crippen LogP contribution >= 0.6 is 11.3 Å². The Morgan fingerprint density at radius 3 is 2.56 bits per heavy atom. The molecule has 4 nitrogen and oxygen atoms in total. The normalized spacial score (nSPS) is 10.9. The van der Waals surface area contributed by atoms with Gasteiger partial charge in [0.05, 0.1) is 25.4 Å². The number of methoxy groups -OCH3 is 1. The molecule has 2 aromatic carbocycles. The second-order valence-corrected chi connectivity index (χ2v) is 6.75. The zero-order chi connectivity index (χ0) is 17.2. The van der Waals surface area contributed by atoms with E-state index in [2.05, 4.69) is 4.98 Å². The van der Waals surface area contributed by atoms with Crippen molar-refractivity contribution in [2.24, 2.45) is 0 Å². The lowest BCUT2D eigenvalue weighted by atomic mass is 10.2. The molecule has 0 amide bonds. The predicted octanol–water partition coefficient (Wildman–Crippen LogP) is 4.18. The summed E-state index contributed by atoms with van der Waals surface area (Å²) in [6, 6.07) is 19.7. The molecule has 5 heteroatoms. The topological polar surface area (TPSA) is 44.1 Å². The smallest absolute Gasteiger partial charge is 0.262 e. The average Bonchev–Trinajstić information content (AvgIpc) is 3.11. The van der Waals surface area contributed by atoms with Gasteiger partial charge in [0.25, 0.3) is 5.56 Å². The predicted molar refractivity (Wildman–Crippen MR) is 101 cm³/mol.